The second-order valence-electron chi connectivity index (χ2n) is 5.99. The van der Waals surface area contributed by atoms with Crippen molar-refractivity contribution in [2.45, 2.75) is 26.9 Å². The first kappa shape index (κ1) is 21.5. The van der Waals surface area contributed by atoms with Crippen molar-refractivity contribution in [3.05, 3.63) is 44.5 Å². The minimum Gasteiger partial charge on any atom is -0.493 e. The zero-order valence-electron chi connectivity index (χ0n) is 16.4. The lowest BCUT2D eigenvalue weighted by Crippen LogP contribution is -2.34. The van der Waals surface area contributed by atoms with Gasteiger partial charge >= 0.3 is 10.8 Å². The van der Waals surface area contributed by atoms with Gasteiger partial charge in [-0.3, -0.25) is 19.0 Å². The van der Waals surface area contributed by atoms with Crippen LogP contribution in [0.5, 0.6) is 11.5 Å². The molecule has 1 amide bonds. The van der Waals surface area contributed by atoms with Gasteiger partial charge in [-0.1, -0.05) is 17.4 Å². The Morgan fingerprint density at radius 2 is 1.89 bits per heavy atom. The molecule has 0 fully saturated rings. The standard InChI is InChI=1S/C19H24N2O6S/c1-5-20(9-14-6-7-15(25-3)16(8-14)26-4)17(22)11-27-18(23)10-21-13(2)12-28-19(21)24/h6-8,12H,5,9-11H2,1-4H3. The highest BCUT2D eigenvalue weighted by atomic mass is 32.1. The van der Waals surface area contributed by atoms with Crippen LogP contribution in [0.15, 0.2) is 28.4 Å². The summed E-state index contributed by atoms with van der Waals surface area (Å²) in [5, 5.41) is 1.67. The van der Waals surface area contributed by atoms with Gasteiger partial charge in [-0.15, -0.1) is 0 Å². The molecule has 28 heavy (non-hydrogen) atoms. The molecule has 152 valence electrons. The van der Waals surface area contributed by atoms with E-state index in [9.17, 15) is 14.4 Å². The Kier molecular flexibility index (Phi) is 7.62. The van der Waals surface area contributed by atoms with Crippen molar-refractivity contribution >= 4 is 23.2 Å². The fraction of sp³-hybridized carbons (Fsp3) is 0.421. The van der Waals surface area contributed by atoms with Crippen molar-refractivity contribution in [3.63, 3.8) is 0 Å². The highest BCUT2D eigenvalue weighted by Gasteiger charge is 2.17. The van der Waals surface area contributed by atoms with E-state index in [1.165, 1.54) is 4.57 Å². The summed E-state index contributed by atoms with van der Waals surface area (Å²) in [6.07, 6.45) is 0. The topological polar surface area (TPSA) is 87.1 Å². The van der Waals surface area contributed by atoms with Crippen LogP contribution in [-0.2, 0) is 27.4 Å². The molecule has 0 N–H and O–H groups in total. The van der Waals surface area contributed by atoms with Crippen LogP contribution >= 0.6 is 11.3 Å². The molecule has 1 heterocycles. The van der Waals surface area contributed by atoms with Crippen LogP contribution in [0.4, 0.5) is 0 Å². The molecule has 0 radical (unpaired) electrons. The molecule has 0 bridgehead atoms. The summed E-state index contributed by atoms with van der Waals surface area (Å²) in [6.45, 7) is 3.79. The van der Waals surface area contributed by atoms with Gasteiger partial charge in [-0.05, 0) is 31.5 Å². The van der Waals surface area contributed by atoms with E-state index in [4.69, 9.17) is 14.2 Å². The molecule has 0 aliphatic carbocycles. The number of aryl methyl sites for hydroxylation is 1. The number of esters is 1. The Balaban J connectivity index is 1.94. The summed E-state index contributed by atoms with van der Waals surface area (Å²) in [5.41, 5.74) is 1.54. The highest BCUT2D eigenvalue weighted by molar-refractivity contribution is 7.07. The quantitative estimate of drug-likeness (QED) is 0.589. The molecular weight excluding hydrogens is 384 g/mol. The lowest BCUT2D eigenvalue weighted by Gasteiger charge is -2.21. The normalized spacial score (nSPS) is 10.4. The van der Waals surface area contributed by atoms with Crippen molar-refractivity contribution < 1.29 is 23.8 Å². The molecule has 0 unspecified atom stereocenters. The van der Waals surface area contributed by atoms with Crippen LogP contribution in [0.2, 0.25) is 0 Å². The van der Waals surface area contributed by atoms with E-state index in [0.29, 0.717) is 30.3 Å². The van der Waals surface area contributed by atoms with Gasteiger partial charge in [0, 0.05) is 24.2 Å². The molecule has 0 saturated heterocycles. The van der Waals surface area contributed by atoms with E-state index >= 15 is 0 Å². The number of amides is 1. The van der Waals surface area contributed by atoms with Crippen molar-refractivity contribution in [3.8, 4) is 11.5 Å². The molecule has 0 atom stereocenters. The van der Waals surface area contributed by atoms with Crippen molar-refractivity contribution in [2.24, 2.45) is 0 Å². The first-order chi connectivity index (χ1) is 13.4. The smallest absolute Gasteiger partial charge is 0.326 e. The molecular formula is C19H24N2O6S. The fourth-order valence-corrected chi connectivity index (χ4v) is 3.31. The monoisotopic (exact) mass is 408 g/mol. The number of methoxy groups -OCH3 is 2. The van der Waals surface area contributed by atoms with Gasteiger partial charge in [-0.2, -0.15) is 0 Å². The summed E-state index contributed by atoms with van der Waals surface area (Å²) in [4.78, 5) is 37.4. The third-order valence-corrected chi connectivity index (χ3v) is 5.06. The number of likely N-dealkylation sites (N-methyl/N-ethyl adjacent to an activating group) is 1. The van der Waals surface area contributed by atoms with Gasteiger partial charge in [0.1, 0.15) is 6.54 Å². The number of ether oxygens (including phenoxy) is 3. The van der Waals surface area contributed by atoms with Crippen LogP contribution in [0.3, 0.4) is 0 Å². The zero-order chi connectivity index (χ0) is 20.7. The van der Waals surface area contributed by atoms with Crippen molar-refractivity contribution in [2.75, 3.05) is 27.4 Å². The number of nitrogens with zero attached hydrogens (tertiary/aromatic N) is 2. The predicted molar refractivity (Wildman–Crippen MR) is 105 cm³/mol. The molecule has 2 aromatic rings. The molecule has 8 nitrogen and oxygen atoms in total. The van der Waals surface area contributed by atoms with Crippen LogP contribution in [0, 0.1) is 6.92 Å². The third-order valence-electron chi connectivity index (χ3n) is 4.18. The Labute approximate surface area is 167 Å². The molecule has 1 aromatic heterocycles. The van der Waals surface area contributed by atoms with Crippen molar-refractivity contribution in [1.29, 1.82) is 0 Å². The minimum absolute atomic E-state index is 0.205. The number of hydrogen-bond acceptors (Lipinski definition) is 7. The SMILES string of the molecule is CCN(Cc1ccc(OC)c(OC)c1)C(=O)COC(=O)Cn1c(C)csc1=O. The molecule has 1 aromatic carbocycles. The van der Waals surface area contributed by atoms with Gasteiger partial charge in [0.05, 0.1) is 14.2 Å². The maximum atomic E-state index is 12.4. The lowest BCUT2D eigenvalue weighted by atomic mass is 10.2. The maximum Gasteiger partial charge on any atom is 0.326 e. The van der Waals surface area contributed by atoms with E-state index in [1.807, 2.05) is 13.0 Å². The fourth-order valence-electron chi connectivity index (χ4n) is 2.58. The molecule has 0 saturated carbocycles. The van der Waals surface area contributed by atoms with E-state index in [0.717, 1.165) is 16.9 Å². The number of aromatic nitrogens is 1. The summed E-state index contributed by atoms with van der Waals surface area (Å²) in [6, 6.07) is 5.41. The first-order valence-corrected chi connectivity index (χ1v) is 9.56. The van der Waals surface area contributed by atoms with E-state index in [2.05, 4.69) is 0 Å². The summed E-state index contributed by atoms with van der Waals surface area (Å²) >= 11 is 1.02. The largest absolute Gasteiger partial charge is 0.493 e. The second kappa shape index (κ2) is 9.93. The number of hydrogen-bond donors (Lipinski definition) is 0. The van der Waals surface area contributed by atoms with Crippen LogP contribution in [0.1, 0.15) is 18.2 Å². The Morgan fingerprint density at radius 3 is 2.46 bits per heavy atom. The number of benzene rings is 1. The molecule has 0 spiro atoms. The second-order valence-corrected chi connectivity index (χ2v) is 6.81. The third kappa shape index (κ3) is 5.35. The lowest BCUT2D eigenvalue weighted by molar-refractivity contribution is -0.152. The van der Waals surface area contributed by atoms with E-state index < -0.39 is 5.97 Å². The number of rotatable bonds is 9. The number of thiazole rings is 1. The maximum absolute atomic E-state index is 12.4. The van der Waals surface area contributed by atoms with Crippen LogP contribution in [0.25, 0.3) is 0 Å². The predicted octanol–water partition coefficient (Wildman–Crippen LogP) is 1.83. The van der Waals surface area contributed by atoms with Crippen LogP contribution in [-0.4, -0.2) is 48.7 Å². The summed E-state index contributed by atoms with van der Waals surface area (Å²) < 4.78 is 16.9. The molecule has 0 aliphatic rings. The zero-order valence-corrected chi connectivity index (χ0v) is 17.2. The highest BCUT2D eigenvalue weighted by Crippen LogP contribution is 2.28. The van der Waals surface area contributed by atoms with Gasteiger partial charge in [0.2, 0.25) is 0 Å². The van der Waals surface area contributed by atoms with Gasteiger partial charge in [0.15, 0.2) is 18.1 Å². The molecule has 9 heteroatoms. The number of carbonyl (C=O) groups is 2. The Morgan fingerprint density at radius 1 is 1.18 bits per heavy atom. The van der Waals surface area contributed by atoms with Gasteiger partial charge in [0.25, 0.3) is 5.91 Å². The van der Waals surface area contributed by atoms with Crippen molar-refractivity contribution in [1.82, 2.24) is 9.47 Å². The Bertz CT molecular complexity index is 889. The minimum atomic E-state index is -0.626. The number of carbonyl (C=O) groups excluding carboxylic acids is 2. The Hall–Kier alpha value is -2.81. The average Bonchev–Trinajstić information content (AvgIpc) is 3.01. The molecule has 0 aliphatic heterocycles. The van der Waals surface area contributed by atoms with Crippen LogP contribution < -0.4 is 14.3 Å². The van der Waals surface area contributed by atoms with E-state index in [-0.39, 0.29) is 23.9 Å². The summed E-state index contributed by atoms with van der Waals surface area (Å²) in [5.74, 6) is 0.235. The van der Waals surface area contributed by atoms with E-state index in [1.54, 1.807) is 43.6 Å². The average molecular weight is 408 g/mol. The summed E-state index contributed by atoms with van der Waals surface area (Å²) in [7, 11) is 3.10. The first-order valence-electron chi connectivity index (χ1n) is 8.68. The van der Waals surface area contributed by atoms with Gasteiger partial charge < -0.3 is 19.1 Å². The van der Waals surface area contributed by atoms with Gasteiger partial charge in [-0.25, -0.2) is 0 Å². The molecule has 2 rings (SSSR count).